The van der Waals surface area contributed by atoms with Gasteiger partial charge in [-0.3, -0.25) is 4.79 Å². The van der Waals surface area contributed by atoms with Gasteiger partial charge in [0.2, 0.25) is 5.91 Å². The fraction of sp³-hybridized carbons (Fsp3) is 0.731. The summed E-state index contributed by atoms with van der Waals surface area (Å²) in [5.41, 5.74) is 13.0. The average molecular weight is 455 g/mol. The molecule has 3 aliphatic carbocycles. The molecule has 5 rings (SSSR count). The van der Waals surface area contributed by atoms with Crippen LogP contribution < -0.4 is 16.8 Å². The number of nitrogens with two attached hydrogens (primary N) is 2. The van der Waals surface area contributed by atoms with Gasteiger partial charge in [-0.2, -0.15) is 0 Å². The van der Waals surface area contributed by atoms with E-state index in [4.69, 9.17) is 20.8 Å². The van der Waals surface area contributed by atoms with Gasteiger partial charge in [-0.15, -0.1) is 0 Å². The molecule has 0 radical (unpaired) electrons. The molecule has 0 spiro atoms. The Bertz CT molecular complexity index is 807. The zero-order chi connectivity index (χ0) is 23.6. The Morgan fingerprint density at radius 3 is 2.64 bits per heavy atom. The minimum absolute atomic E-state index is 0.0770. The number of carbonyl (C=O) groups is 1. The predicted octanol–water partition coefficient (Wildman–Crippen LogP) is 3.29. The number of hydrogen-bond acceptors (Lipinski definition) is 5. The molecule has 6 atom stereocenters. The molecule has 2 bridgehead atoms. The Hall–Kier alpha value is -1.41. The van der Waals surface area contributed by atoms with Gasteiger partial charge in [-0.05, 0) is 74.8 Å². The van der Waals surface area contributed by atoms with E-state index in [-0.39, 0.29) is 30.5 Å². The van der Waals surface area contributed by atoms with Gasteiger partial charge in [0.15, 0.2) is 0 Å². The van der Waals surface area contributed by atoms with E-state index in [2.05, 4.69) is 50.4 Å². The van der Waals surface area contributed by atoms with Crippen molar-refractivity contribution in [2.75, 3.05) is 13.1 Å². The first kappa shape index (κ1) is 24.7. The van der Waals surface area contributed by atoms with Crippen molar-refractivity contribution < 1.29 is 14.1 Å². The summed E-state index contributed by atoms with van der Waals surface area (Å²) in [6.07, 6.45) is 6.68. The second-order valence-corrected chi connectivity index (χ2v) is 11.3. The Kier molecular flexibility index (Phi) is 7.54. The largest absolute Gasteiger partial charge is 0.462 e. The van der Waals surface area contributed by atoms with E-state index >= 15 is 0 Å². The van der Waals surface area contributed by atoms with Gasteiger partial charge in [0.05, 0.1) is 17.7 Å². The number of aryl methyl sites for hydroxylation is 1. The van der Waals surface area contributed by atoms with Gasteiger partial charge >= 0.3 is 7.12 Å². The lowest BCUT2D eigenvalue weighted by Gasteiger charge is -2.64. The summed E-state index contributed by atoms with van der Waals surface area (Å²) in [6.45, 7) is 8.15. The summed E-state index contributed by atoms with van der Waals surface area (Å²) < 4.78 is 13.3. The number of unbranched alkanes of at least 4 members (excludes halogenated alkanes) is 1. The van der Waals surface area contributed by atoms with Crippen LogP contribution in [0.4, 0.5) is 0 Å². The molecule has 1 aromatic carbocycles. The monoisotopic (exact) mass is 455 g/mol. The highest BCUT2D eigenvalue weighted by Crippen LogP contribution is 2.66. The zero-order valence-electron chi connectivity index (χ0n) is 20.6. The van der Waals surface area contributed by atoms with E-state index in [1.807, 2.05) is 6.07 Å². The number of rotatable bonds is 11. The maximum Gasteiger partial charge on any atom is 0.462 e. The van der Waals surface area contributed by atoms with E-state index in [1.165, 1.54) is 12.0 Å². The van der Waals surface area contributed by atoms with Gasteiger partial charge in [-0.1, -0.05) is 50.6 Å². The summed E-state index contributed by atoms with van der Waals surface area (Å²) in [4.78, 5) is 12.6. The molecule has 7 heteroatoms. The Labute approximate surface area is 199 Å². The highest BCUT2D eigenvalue weighted by Gasteiger charge is 2.68. The molecule has 1 saturated heterocycles. The van der Waals surface area contributed by atoms with Crippen LogP contribution in [0.3, 0.4) is 0 Å². The van der Waals surface area contributed by atoms with E-state index in [0.717, 1.165) is 38.0 Å². The molecule has 0 unspecified atom stereocenters. The van der Waals surface area contributed by atoms with Crippen LogP contribution in [0.5, 0.6) is 0 Å². The molecule has 1 aromatic rings. The lowest BCUT2D eigenvalue weighted by Crippen LogP contribution is -2.65. The Morgan fingerprint density at radius 2 is 1.94 bits per heavy atom. The van der Waals surface area contributed by atoms with E-state index < -0.39 is 6.04 Å². The maximum absolute atomic E-state index is 12.6. The summed E-state index contributed by atoms with van der Waals surface area (Å²) in [5, 5.41) is 3.10. The quantitative estimate of drug-likeness (QED) is 0.351. The highest BCUT2D eigenvalue weighted by molar-refractivity contribution is 6.47. The van der Waals surface area contributed by atoms with Crippen molar-refractivity contribution in [1.82, 2.24) is 5.32 Å². The number of amides is 1. The SMILES string of the molecule is CC1(C)[C@H]2C[C@@H]3OB([C@H](CCc4ccccc4)CNC(=O)[C@H](N)CCCCN)O[C@]3(C)[C@@H]1C2. The first-order valence-electron chi connectivity index (χ1n) is 12.9. The minimum Gasteiger partial charge on any atom is -0.405 e. The molecule has 0 aromatic heterocycles. The van der Waals surface area contributed by atoms with Crippen LogP contribution in [0.2, 0.25) is 5.82 Å². The van der Waals surface area contributed by atoms with Gasteiger partial charge in [0, 0.05) is 12.4 Å². The number of nitrogens with one attached hydrogen (secondary N) is 1. The molecule has 1 aliphatic heterocycles. The molecule has 3 saturated carbocycles. The minimum atomic E-state index is -0.496. The van der Waals surface area contributed by atoms with Crippen molar-refractivity contribution in [2.45, 2.75) is 89.3 Å². The highest BCUT2D eigenvalue weighted by atomic mass is 16.7. The molecule has 4 aliphatic rings. The third-order valence-electron chi connectivity index (χ3n) is 8.84. The van der Waals surface area contributed by atoms with Gasteiger partial charge in [0.25, 0.3) is 0 Å². The normalized spacial score (nSPS) is 31.4. The van der Waals surface area contributed by atoms with Crippen LogP contribution in [-0.2, 0) is 20.5 Å². The Morgan fingerprint density at radius 1 is 1.18 bits per heavy atom. The maximum atomic E-state index is 12.6. The lowest BCUT2D eigenvalue weighted by molar-refractivity contribution is -0.199. The zero-order valence-corrected chi connectivity index (χ0v) is 20.6. The predicted molar refractivity (Wildman–Crippen MR) is 133 cm³/mol. The number of benzene rings is 1. The standard InChI is InChI=1S/C26H42BN3O3/c1-25(2)19-15-22(25)26(3)23(16-19)32-27(33-26)20(13-12-18-9-5-4-6-10-18)17-30-24(31)21(29)11-7-8-14-28/h4-6,9-10,19-23H,7-8,11-17,28-29H2,1-3H3,(H,30,31)/t19-,20-,21-,22-,23+,26-/m1/s1. The van der Waals surface area contributed by atoms with Crippen molar-refractivity contribution in [2.24, 2.45) is 28.7 Å². The number of hydrogen-bond donors (Lipinski definition) is 3. The van der Waals surface area contributed by atoms with Crippen molar-refractivity contribution >= 4 is 13.0 Å². The summed E-state index contributed by atoms with van der Waals surface area (Å²) in [7, 11) is -0.298. The average Bonchev–Trinajstić information content (AvgIpc) is 3.16. The summed E-state index contributed by atoms with van der Waals surface area (Å²) in [6, 6.07) is 9.98. The molecule has 33 heavy (non-hydrogen) atoms. The molecule has 1 amide bonds. The molecular formula is C26H42BN3O3. The van der Waals surface area contributed by atoms with Crippen LogP contribution in [-0.4, -0.2) is 43.9 Å². The van der Waals surface area contributed by atoms with E-state index in [0.29, 0.717) is 30.8 Å². The molecule has 5 N–H and O–H groups in total. The van der Waals surface area contributed by atoms with Gasteiger partial charge in [-0.25, -0.2) is 0 Å². The van der Waals surface area contributed by atoms with Gasteiger partial charge in [0.1, 0.15) is 0 Å². The Balaban J connectivity index is 1.40. The first-order chi connectivity index (χ1) is 15.8. The fourth-order valence-electron chi connectivity index (χ4n) is 6.44. The molecule has 1 heterocycles. The first-order valence-corrected chi connectivity index (χ1v) is 12.9. The van der Waals surface area contributed by atoms with Gasteiger partial charge < -0.3 is 26.1 Å². The smallest absolute Gasteiger partial charge is 0.405 e. The molecule has 4 fully saturated rings. The molecular weight excluding hydrogens is 413 g/mol. The number of carbonyl (C=O) groups excluding carboxylic acids is 1. The van der Waals surface area contributed by atoms with E-state index in [1.54, 1.807) is 0 Å². The van der Waals surface area contributed by atoms with Crippen LogP contribution in [0.15, 0.2) is 30.3 Å². The van der Waals surface area contributed by atoms with E-state index in [9.17, 15) is 4.79 Å². The van der Waals surface area contributed by atoms with Crippen LogP contribution in [0.1, 0.15) is 64.9 Å². The molecule has 6 nitrogen and oxygen atoms in total. The third kappa shape index (κ3) is 5.02. The van der Waals surface area contributed by atoms with Crippen molar-refractivity contribution in [3.8, 4) is 0 Å². The summed E-state index contributed by atoms with van der Waals surface area (Å²) in [5.74, 6) is 1.23. The van der Waals surface area contributed by atoms with Crippen molar-refractivity contribution in [1.29, 1.82) is 0 Å². The van der Waals surface area contributed by atoms with Crippen molar-refractivity contribution in [3.63, 3.8) is 0 Å². The topological polar surface area (TPSA) is 99.6 Å². The fourth-order valence-corrected chi connectivity index (χ4v) is 6.44. The second-order valence-electron chi connectivity index (χ2n) is 11.3. The van der Waals surface area contributed by atoms with Crippen LogP contribution >= 0.6 is 0 Å². The molecule has 182 valence electrons. The lowest BCUT2D eigenvalue weighted by atomic mass is 9.43. The second kappa shape index (κ2) is 10.1. The van der Waals surface area contributed by atoms with Crippen molar-refractivity contribution in [3.05, 3.63) is 35.9 Å². The van der Waals surface area contributed by atoms with Crippen LogP contribution in [0, 0.1) is 17.3 Å². The van der Waals surface area contributed by atoms with Crippen LogP contribution in [0.25, 0.3) is 0 Å². The summed E-state index contributed by atoms with van der Waals surface area (Å²) >= 11 is 0. The third-order valence-corrected chi connectivity index (χ3v) is 8.84.